The Morgan fingerprint density at radius 1 is 1.00 bits per heavy atom. The Morgan fingerprint density at radius 3 is 2.53 bits per heavy atom. The van der Waals surface area contributed by atoms with Gasteiger partial charge in [0.25, 0.3) is 0 Å². The van der Waals surface area contributed by atoms with Crippen molar-refractivity contribution in [2.45, 2.75) is 25.7 Å². The van der Waals surface area contributed by atoms with Crippen LogP contribution in [0.15, 0.2) is 30.5 Å². The van der Waals surface area contributed by atoms with Crippen molar-refractivity contribution in [3.8, 4) is 0 Å². The van der Waals surface area contributed by atoms with Crippen molar-refractivity contribution in [3.63, 3.8) is 0 Å². The number of piperidine rings is 1. The molecule has 1 aliphatic carbocycles. The molecule has 3 nitrogen and oxygen atoms in total. The fourth-order valence-corrected chi connectivity index (χ4v) is 3.72. The molecule has 3 heteroatoms. The summed E-state index contributed by atoms with van der Waals surface area (Å²) in [6.07, 6.45) is 7.59. The minimum Gasteiger partial charge on any atom is -0.355 e. The van der Waals surface area contributed by atoms with Crippen LogP contribution in [0, 0.1) is 11.8 Å². The van der Waals surface area contributed by atoms with Crippen LogP contribution in [0.1, 0.15) is 25.7 Å². The van der Waals surface area contributed by atoms with Gasteiger partial charge in [-0.2, -0.15) is 0 Å². The molecule has 2 aliphatic rings. The molecule has 0 radical (unpaired) electrons. The highest BCUT2D eigenvalue weighted by Gasteiger charge is 2.31. The van der Waals surface area contributed by atoms with Crippen molar-refractivity contribution < 1.29 is 0 Å². The largest absolute Gasteiger partial charge is 0.355 e. The molecule has 0 spiro atoms. The molecule has 1 saturated carbocycles. The Morgan fingerprint density at radius 2 is 1.74 bits per heavy atom. The van der Waals surface area contributed by atoms with Crippen LogP contribution >= 0.6 is 0 Å². The predicted octanol–water partition coefficient (Wildman–Crippen LogP) is 3.26. The van der Waals surface area contributed by atoms with Gasteiger partial charge in [0.15, 0.2) is 0 Å². The summed E-state index contributed by atoms with van der Waals surface area (Å²) in [6.45, 7) is 2.34. The topological polar surface area (TPSA) is 29.0 Å². The van der Waals surface area contributed by atoms with Crippen LogP contribution in [-0.4, -0.2) is 23.1 Å². The molecule has 2 fully saturated rings. The molecule has 19 heavy (non-hydrogen) atoms. The van der Waals surface area contributed by atoms with Gasteiger partial charge in [-0.15, -0.1) is 0 Å². The van der Waals surface area contributed by atoms with Crippen LogP contribution in [0.25, 0.3) is 11.0 Å². The first-order valence-corrected chi connectivity index (χ1v) is 7.35. The summed E-state index contributed by atoms with van der Waals surface area (Å²) >= 11 is 0. The smallest absolute Gasteiger partial charge is 0.147 e. The van der Waals surface area contributed by atoms with E-state index in [2.05, 4.69) is 16.0 Å². The molecule has 0 amide bonds. The number of nitrogens with zero attached hydrogens (tertiary/aromatic N) is 3. The van der Waals surface area contributed by atoms with Crippen molar-refractivity contribution in [3.05, 3.63) is 30.5 Å². The first-order chi connectivity index (χ1) is 9.38. The van der Waals surface area contributed by atoms with Gasteiger partial charge >= 0.3 is 0 Å². The van der Waals surface area contributed by atoms with Gasteiger partial charge in [0.05, 0.1) is 17.2 Å². The molecule has 0 N–H and O–H groups in total. The van der Waals surface area contributed by atoms with Crippen LogP contribution in [0.2, 0.25) is 0 Å². The fourth-order valence-electron chi connectivity index (χ4n) is 3.72. The van der Waals surface area contributed by atoms with Crippen molar-refractivity contribution in [2.24, 2.45) is 11.8 Å². The highest BCUT2D eigenvalue weighted by molar-refractivity contribution is 5.75. The summed E-state index contributed by atoms with van der Waals surface area (Å²) in [4.78, 5) is 11.8. The standard InChI is InChI=1S/C16H19N3/c1-2-7-15-14(6-1)17-9-16(18-15)19-10-12-4-3-5-13(8-12)11-19/h1-2,6-7,9,12-13H,3-5,8,10-11H2/t12-,13-/m0/s1. The molecule has 98 valence electrons. The quantitative estimate of drug-likeness (QED) is 0.781. The van der Waals surface area contributed by atoms with E-state index in [9.17, 15) is 0 Å². The zero-order valence-electron chi connectivity index (χ0n) is 11.1. The third-order valence-electron chi connectivity index (χ3n) is 4.61. The minimum atomic E-state index is 0.876. The zero-order valence-corrected chi connectivity index (χ0v) is 11.1. The maximum atomic E-state index is 4.79. The molecule has 0 unspecified atom stereocenters. The zero-order chi connectivity index (χ0) is 12.7. The number of rotatable bonds is 1. The van der Waals surface area contributed by atoms with Crippen LogP contribution in [-0.2, 0) is 0 Å². The van der Waals surface area contributed by atoms with E-state index in [4.69, 9.17) is 4.98 Å². The van der Waals surface area contributed by atoms with E-state index in [0.717, 1.165) is 28.7 Å². The van der Waals surface area contributed by atoms with Crippen LogP contribution in [0.5, 0.6) is 0 Å². The van der Waals surface area contributed by atoms with Crippen molar-refractivity contribution in [1.29, 1.82) is 0 Å². The first kappa shape index (κ1) is 11.2. The molecular formula is C16H19N3. The average molecular weight is 253 g/mol. The minimum absolute atomic E-state index is 0.876. The molecule has 2 bridgehead atoms. The van der Waals surface area contributed by atoms with Crippen molar-refractivity contribution in [2.75, 3.05) is 18.0 Å². The van der Waals surface area contributed by atoms with E-state index in [1.54, 1.807) is 0 Å². The van der Waals surface area contributed by atoms with Gasteiger partial charge < -0.3 is 4.90 Å². The summed E-state index contributed by atoms with van der Waals surface area (Å²) in [5.74, 6) is 2.82. The lowest BCUT2D eigenvalue weighted by Crippen LogP contribution is -2.43. The maximum absolute atomic E-state index is 4.79. The van der Waals surface area contributed by atoms with Gasteiger partial charge in [-0.25, -0.2) is 4.98 Å². The summed E-state index contributed by atoms with van der Waals surface area (Å²) < 4.78 is 0. The Kier molecular flexibility index (Phi) is 2.64. The third-order valence-corrected chi connectivity index (χ3v) is 4.61. The Labute approximate surface area is 113 Å². The molecule has 1 aliphatic heterocycles. The molecular weight excluding hydrogens is 234 g/mol. The van der Waals surface area contributed by atoms with Gasteiger partial charge in [0, 0.05) is 13.1 Å². The van der Waals surface area contributed by atoms with Crippen LogP contribution < -0.4 is 4.90 Å². The fraction of sp³-hybridized carbons (Fsp3) is 0.500. The molecule has 1 aromatic heterocycles. The Balaban J connectivity index is 1.66. The molecule has 2 atom stereocenters. The lowest BCUT2D eigenvalue weighted by molar-refractivity contribution is 0.230. The average Bonchev–Trinajstić information content (AvgIpc) is 2.46. The number of aromatic nitrogens is 2. The first-order valence-electron chi connectivity index (χ1n) is 7.35. The van der Waals surface area contributed by atoms with E-state index in [-0.39, 0.29) is 0 Å². The van der Waals surface area contributed by atoms with E-state index < -0.39 is 0 Å². The number of benzene rings is 1. The number of fused-ring (bicyclic) bond motifs is 3. The van der Waals surface area contributed by atoms with E-state index >= 15 is 0 Å². The van der Waals surface area contributed by atoms with E-state index in [0.29, 0.717) is 0 Å². The van der Waals surface area contributed by atoms with Gasteiger partial charge in [-0.1, -0.05) is 18.6 Å². The SMILES string of the molecule is c1ccc2nc(N3C[C@H]4CCC[C@@H](C4)C3)cnc2c1. The van der Waals surface area contributed by atoms with Gasteiger partial charge in [0.2, 0.25) is 0 Å². The highest BCUT2D eigenvalue weighted by Crippen LogP contribution is 2.35. The lowest BCUT2D eigenvalue weighted by Gasteiger charge is -2.41. The lowest BCUT2D eigenvalue weighted by atomic mass is 9.78. The van der Waals surface area contributed by atoms with E-state index in [1.807, 2.05) is 24.4 Å². The third kappa shape index (κ3) is 2.07. The summed E-state index contributed by atoms with van der Waals surface area (Å²) in [5.41, 5.74) is 2.00. The second-order valence-corrected chi connectivity index (χ2v) is 6.02. The number of anilines is 1. The number of para-hydroxylation sites is 2. The normalized spacial score (nSPS) is 26.6. The molecule has 4 rings (SSSR count). The van der Waals surface area contributed by atoms with E-state index in [1.165, 1.54) is 38.8 Å². The Bertz CT molecular complexity index is 583. The summed E-state index contributed by atoms with van der Waals surface area (Å²) in [6, 6.07) is 8.13. The number of hydrogen-bond acceptors (Lipinski definition) is 3. The van der Waals surface area contributed by atoms with Gasteiger partial charge in [-0.3, -0.25) is 4.98 Å². The molecule has 1 aromatic carbocycles. The van der Waals surface area contributed by atoms with Crippen molar-refractivity contribution >= 4 is 16.9 Å². The summed E-state index contributed by atoms with van der Waals surface area (Å²) in [7, 11) is 0. The van der Waals surface area contributed by atoms with Crippen LogP contribution in [0.4, 0.5) is 5.82 Å². The van der Waals surface area contributed by atoms with Gasteiger partial charge in [-0.05, 0) is 43.2 Å². The summed E-state index contributed by atoms with van der Waals surface area (Å²) in [5, 5.41) is 0. The monoisotopic (exact) mass is 253 g/mol. The Hall–Kier alpha value is -1.64. The number of hydrogen-bond donors (Lipinski definition) is 0. The second kappa shape index (κ2) is 4.48. The van der Waals surface area contributed by atoms with Crippen molar-refractivity contribution in [1.82, 2.24) is 9.97 Å². The molecule has 2 aromatic rings. The molecule has 1 saturated heterocycles. The maximum Gasteiger partial charge on any atom is 0.147 e. The van der Waals surface area contributed by atoms with Crippen LogP contribution in [0.3, 0.4) is 0 Å². The highest BCUT2D eigenvalue weighted by atomic mass is 15.2. The van der Waals surface area contributed by atoms with Gasteiger partial charge in [0.1, 0.15) is 5.82 Å². The second-order valence-electron chi connectivity index (χ2n) is 6.02. The predicted molar refractivity (Wildman–Crippen MR) is 77.2 cm³/mol. The molecule has 2 heterocycles.